The Kier molecular flexibility index (Phi) is 5.95. The fraction of sp³-hybridized carbons (Fsp3) is 0.667. The smallest absolute Gasteiger partial charge is 0.197 e. The molecule has 1 unspecified atom stereocenters. The Bertz CT molecular complexity index is 1040. The summed E-state index contributed by atoms with van der Waals surface area (Å²) in [4.78, 5) is 11.1. The topological polar surface area (TPSA) is 62.6 Å². The van der Waals surface area contributed by atoms with Crippen LogP contribution in [-0.4, -0.2) is 48.3 Å². The number of piperidine rings is 1. The molecule has 33 heavy (non-hydrogen) atoms. The van der Waals surface area contributed by atoms with Gasteiger partial charge in [-0.05, 0) is 62.5 Å². The normalized spacial score (nSPS) is 31.0. The van der Waals surface area contributed by atoms with Crippen molar-refractivity contribution in [2.24, 2.45) is 11.8 Å². The molecule has 0 amide bonds. The standard InChI is InChI=1S/C27H38N6/c1-2-7-21-17-22(12-13-32(21)23-15-19-8-3-4-9-20(14-19)16-23)33-25-11-6-5-10-24(25)30-27(33)26-28-18-29-31-26/h5-6,10-11,18-23H,2-4,7-9,12-17H2,1H3,(H,28,29,31)/t19-,20+,21?,22-,23-/m1/s1. The zero-order chi connectivity index (χ0) is 22.2. The summed E-state index contributed by atoms with van der Waals surface area (Å²) in [5, 5.41) is 8.36. The van der Waals surface area contributed by atoms with Gasteiger partial charge in [-0.3, -0.25) is 4.90 Å². The lowest BCUT2D eigenvalue weighted by Gasteiger charge is -2.48. The Morgan fingerprint density at radius 2 is 1.79 bits per heavy atom. The van der Waals surface area contributed by atoms with Gasteiger partial charge in [0.2, 0.25) is 0 Å². The van der Waals surface area contributed by atoms with Gasteiger partial charge in [-0.25, -0.2) is 4.98 Å². The van der Waals surface area contributed by atoms with Crippen molar-refractivity contribution in [3.8, 4) is 11.6 Å². The zero-order valence-corrected chi connectivity index (χ0v) is 20.0. The van der Waals surface area contributed by atoms with E-state index in [1.807, 2.05) is 0 Å². The molecular weight excluding hydrogens is 408 g/mol. The molecule has 2 saturated carbocycles. The van der Waals surface area contributed by atoms with Gasteiger partial charge in [0.1, 0.15) is 6.33 Å². The van der Waals surface area contributed by atoms with E-state index in [1.54, 1.807) is 6.33 Å². The van der Waals surface area contributed by atoms with Crippen LogP contribution in [0.25, 0.3) is 22.7 Å². The Labute approximate surface area is 197 Å². The minimum absolute atomic E-state index is 0.455. The van der Waals surface area contributed by atoms with Crippen LogP contribution in [0.15, 0.2) is 30.6 Å². The van der Waals surface area contributed by atoms with Crippen LogP contribution in [0.2, 0.25) is 0 Å². The van der Waals surface area contributed by atoms with Crippen molar-refractivity contribution in [3.63, 3.8) is 0 Å². The molecule has 0 radical (unpaired) electrons. The van der Waals surface area contributed by atoms with Crippen LogP contribution in [0.5, 0.6) is 0 Å². The van der Waals surface area contributed by atoms with E-state index in [0.717, 1.165) is 35.0 Å². The SMILES string of the molecule is CCCC1C[C@H](n2c(-c3nnc[nH]3)nc3ccccc32)CCN1[C@@H]1C[C@@H]2CCCC[C@@H](C2)C1. The largest absolute Gasteiger partial charge is 0.325 e. The number of nitrogens with zero attached hydrogens (tertiary/aromatic N) is 5. The molecule has 176 valence electrons. The molecule has 3 heterocycles. The van der Waals surface area contributed by atoms with E-state index in [1.165, 1.54) is 82.7 Å². The number of aromatic amines is 1. The number of imidazole rings is 1. The van der Waals surface area contributed by atoms with Crippen molar-refractivity contribution in [1.29, 1.82) is 0 Å². The molecule has 2 aromatic heterocycles. The summed E-state index contributed by atoms with van der Waals surface area (Å²) in [5.41, 5.74) is 2.27. The van der Waals surface area contributed by atoms with Crippen LogP contribution in [-0.2, 0) is 0 Å². The molecule has 2 bridgehead atoms. The van der Waals surface area contributed by atoms with Gasteiger partial charge in [0.25, 0.3) is 0 Å². The molecule has 1 N–H and O–H groups in total. The predicted octanol–water partition coefficient (Wildman–Crippen LogP) is 5.99. The second-order valence-corrected chi connectivity index (χ2v) is 10.9. The third-order valence-corrected chi connectivity index (χ3v) is 8.77. The van der Waals surface area contributed by atoms with Gasteiger partial charge in [0.05, 0.1) is 11.0 Å². The second kappa shape index (κ2) is 9.21. The Morgan fingerprint density at radius 1 is 0.970 bits per heavy atom. The monoisotopic (exact) mass is 446 g/mol. The first kappa shape index (κ1) is 21.3. The molecule has 5 atom stereocenters. The lowest BCUT2D eigenvalue weighted by Crippen LogP contribution is -2.51. The molecule has 3 fully saturated rings. The fourth-order valence-electron chi connectivity index (χ4n) is 7.41. The van der Waals surface area contributed by atoms with Crippen molar-refractivity contribution < 1.29 is 0 Å². The summed E-state index contributed by atoms with van der Waals surface area (Å²) in [6.07, 6.45) is 16.9. The van der Waals surface area contributed by atoms with Crippen LogP contribution >= 0.6 is 0 Å². The van der Waals surface area contributed by atoms with Crippen LogP contribution in [0.3, 0.4) is 0 Å². The highest BCUT2D eigenvalue weighted by atomic mass is 15.3. The average molecular weight is 447 g/mol. The van der Waals surface area contributed by atoms with Gasteiger partial charge in [-0.15, -0.1) is 10.2 Å². The minimum atomic E-state index is 0.455. The maximum Gasteiger partial charge on any atom is 0.197 e. The summed E-state index contributed by atoms with van der Waals surface area (Å²) in [7, 11) is 0. The van der Waals surface area contributed by atoms with Crippen LogP contribution in [0.1, 0.15) is 83.6 Å². The van der Waals surface area contributed by atoms with Crippen molar-refractivity contribution in [1.82, 2.24) is 29.6 Å². The summed E-state index contributed by atoms with van der Waals surface area (Å²) in [6.45, 7) is 3.57. The van der Waals surface area contributed by atoms with E-state index in [0.29, 0.717) is 12.1 Å². The number of benzene rings is 1. The number of likely N-dealkylation sites (tertiary alicyclic amines) is 1. The molecule has 3 aromatic rings. The number of nitrogens with one attached hydrogen (secondary N) is 1. The van der Waals surface area contributed by atoms with E-state index in [9.17, 15) is 0 Å². The van der Waals surface area contributed by atoms with Gasteiger partial charge in [0, 0.05) is 24.7 Å². The first-order valence-corrected chi connectivity index (χ1v) is 13.4. The quantitative estimate of drug-likeness (QED) is 0.523. The number of aromatic nitrogens is 5. The van der Waals surface area contributed by atoms with E-state index in [4.69, 9.17) is 4.98 Å². The first-order chi connectivity index (χ1) is 16.3. The van der Waals surface area contributed by atoms with Gasteiger partial charge >= 0.3 is 0 Å². The summed E-state index contributed by atoms with van der Waals surface area (Å²) >= 11 is 0. The van der Waals surface area contributed by atoms with Crippen molar-refractivity contribution in [2.75, 3.05) is 6.54 Å². The van der Waals surface area contributed by atoms with Crippen LogP contribution in [0.4, 0.5) is 0 Å². The maximum atomic E-state index is 4.97. The second-order valence-electron chi connectivity index (χ2n) is 10.9. The summed E-state index contributed by atoms with van der Waals surface area (Å²) in [5.74, 6) is 3.67. The summed E-state index contributed by atoms with van der Waals surface area (Å²) in [6, 6.07) is 10.5. The van der Waals surface area contributed by atoms with Crippen LogP contribution < -0.4 is 0 Å². The van der Waals surface area contributed by atoms with Gasteiger partial charge in [0.15, 0.2) is 11.6 Å². The predicted molar refractivity (Wildman–Crippen MR) is 132 cm³/mol. The Hall–Kier alpha value is -2.21. The lowest BCUT2D eigenvalue weighted by molar-refractivity contribution is 0.0239. The van der Waals surface area contributed by atoms with E-state index >= 15 is 0 Å². The molecule has 0 spiro atoms. The number of hydrogen-bond acceptors (Lipinski definition) is 4. The highest BCUT2D eigenvalue weighted by Crippen LogP contribution is 2.43. The summed E-state index contributed by atoms with van der Waals surface area (Å²) < 4.78 is 2.47. The molecule has 6 rings (SSSR count). The molecule has 1 aromatic carbocycles. The maximum absolute atomic E-state index is 4.97. The number of hydrogen-bond donors (Lipinski definition) is 1. The van der Waals surface area contributed by atoms with Gasteiger partial charge in [-0.1, -0.05) is 51.2 Å². The van der Waals surface area contributed by atoms with Crippen LogP contribution in [0, 0.1) is 11.8 Å². The molecule has 1 aliphatic heterocycles. The molecule has 1 saturated heterocycles. The number of rotatable bonds is 5. The Balaban J connectivity index is 1.29. The van der Waals surface area contributed by atoms with Crippen molar-refractivity contribution >= 4 is 11.0 Å². The molecule has 2 aliphatic carbocycles. The van der Waals surface area contributed by atoms with Gasteiger partial charge < -0.3 is 9.55 Å². The highest BCUT2D eigenvalue weighted by molar-refractivity contribution is 5.79. The van der Waals surface area contributed by atoms with E-state index < -0.39 is 0 Å². The third-order valence-electron chi connectivity index (χ3n) is 8.77. The number of fused-ring (bicyclic) bond motifs is 3. The third kappa shape index (κ3) is 4.11. The van der Waals surface area contributed by atoms with Crippen molar-refractivity contribution in [3.05, 3.63) is 30.6 Å². The fourth-order valence-corrected chi connectivity index (χ4v) is 7.41. The molecule has 6 heteroatoms. The first-order valence-electron chi connectivity index (χ1n) is 13.4. The van der Waals surface area contributed by atoms with Crippen molar-refractivity contribution in [2.45, 2.75) is 95.7 Å². The van der Waals surface area contributed by atoms with E-state index in [2.05, 4.69) is 55.8 Å². The van der Waals surface area contributed by atoms with E-state index in [-0.39, 0.29) is 0 Å². The number of para-hydroxylation sites is 2. The highest BCUT2D eigenvalue weighted by Gasteiger charge is 2.39. The molecular formula is C27H38N6. The average Bonchev–Trinajstić information content (AvgIpc) is 3.46. The Morgan fingerprint density at radius 3 is 2.55 bits per heavy atom. The number of H-pyrrole nitrogens is 1. The molecule has 6 nitrogen and oxygen atoms in total. The lowest BCUT2D eigenvalue weighted by atomic mass is 9.76. The zero-order valence-electron chi connectivity index (χ0n) is 20.0. The molecule has 3 aliphatic rings. The minimum Gasteiger partial charge on any atom is -0.325 e. The van der Waals surface area contributed by atoms with Gasteiger partial charge in [-0.2, -0.15) is 0 Å².